The lowest BCUT2D eigenvalue weighted by atomic mass is 9.78. The third-order valence-electron chi connectivity index (χ3n) is 5.84. The van der Waals surface area contributed by atoms with E-state index in [0.29, 0.717) is 5.75 Å². The van der Waals surface area contributed by atoms with Crippen molar-refractivity contribution in [3.8, 4) is 5.75 Å². The van der Waals surface area contributed by atoms with Crippen molar-refractivity contribution in [2.75, 3.05) is 13.1 Å². The fourth-order valence-corrected chi connectivity index (χ4v) is 4.10. The molecular weight excluding hydrogens is 361 g/mol. The lowest BCUT2D eigenvalue weighted by Crippen LogP contribution is -3.11. The molecule has 0 aliphatic carbocycles. The topological polar surface area (TPSA) is 24.7 Å². The van der Waals surface area contributed by atoms with Crippen LogP contribution in [-0.2, 0) is 17.4 Å². The van der Waals surface area contributed by atoms with Crippen LogP contribution in [0.5, 0.6) is 5.75 Å². The van der Waals surface area contributed by atoms with Crippen LogP contribution in [0.1, 0.15) is 70.2 Å². The highest BCUT2D eigenvalue weighted by Gasteiger charge is 2.27. The maximum absolute atomic E-state index is 13.2. The van der Waals surface area contributed by atoms with Gasteiger partial charge in [-0.15, -0.1) is 0 Å². The molecule has 0 saturated heterocycles. The molecule has 0 spiro atoms. The van der Waals surface area contributed by atoms with E-state index in [1.165, 1.54) is 28.2 Å². The molecule has 0 amide bonds. The summed E-state index contributed by atoms with van der Waals surface area (Å²) in [6, 6.07) is 11.2. The molecule has 156 valence electrons. The Kier molecular flexibility index (Phi) is 5.91. The summed E-state index contributed by atoms with van der Waals surface area (Å²) >= 11 is 0. The van der Waals surface area contributed by atoms with Crippen LogP contribution in [0.3, 0.4) is 0 Å². The summed E-state index contributed by atoms with van der Waals surface area (Å²) in [5, 5.41) is 10.9. The molecule has 0 fully saturated rings. The van der Waals surface area contributed by atoms with Crippen LogP contribution in [0, 0.1) is 5.82 Å². The Morgan fingerprint density at radius 3 is 1.93 bits per heavy atom. The second kappa shape index (κ2) is 7.95. The predicted octanol–water partition coefficient (Wildman–Crippen LogP) is 5.00. The van der Waals surface area contributed by atoms with Crippen molar-refractivity contribution in [2.45, 2.75) is 65.3 Å². The Morgan fingerprint density at radius 1 is 0.931 bits per heavy atom. The van der Waals surface area contributed by atoms with Gasteiger partial charge in [0.1, 0.15) is 18.1 Å². The first-order valence-electron chi connectivity index (χ1n) is 10.6. The fraction of sp³-hybridized carbons (Fsp3) is 0.462. The van der Waals surface area contributed by atoms with Crippen LogP contribution >= 0.6 is 0 Å². The zero-order valence-electron chi connectivity index (χ0n) is 18.7. The van der Waals surface area contributed by atoms with E-state index in [9.17, 15) is 9.50 Å². The quantitative estimate of drug-likeness (QED) is 0.750. The Balaban J connectivity index is 1.83. The first kappa shape index (κ1) is 21.6. The molecule has 0 radical (unpaired) electrons. The second-order valence-corrected chi connectivity index (χ2v) is 10.4. The van der Waals surface area contributed by atoms with Gasteiger partial charge in [0.05, 0.1) is 13.1 Å². The number of phenolic OH excluding ortho intramolecular Hbond substituents is 1. The minimum atomic E-state index is -0.186. The number of hydrogen-bond acceptors (Lipinski definition) is 1. The van der Waals surface area contributed by atoms with Crippen LogP contribution in [0.25, 0.3) is 5.57 Å². The van der Waals surface area contributed by atoms with Gasteiger partial charge in [-0.1, -0.05) is 53.7 Å². The summed E-state index contributed by atoms with van der Waals surface area (Å²) in [5.41, 5.74) is 5.56. The van der Waals surface area contributed by atoms with Crippen molar-refractivity contribution in [3.63, 3.8) is 0 Å². The molecule has 3 heteroatoms. The van der Waals surface area contributed by atoms with E-state index in [1.54, 1.807) is 0 Å². The van der Waals surface area contributed by atoms with Crippen molar-refractivity contribution in [3.05, 3.63) is 70.5 Å². The summed E-state index contributed by atoms with van der Waals surface area (Å²) < 4.78 is 13.2. The SMILES string of the molecule is CC(C)(C)c1cc(C[NH+]2CC=C(c3ccc(F)cc3)CC2)cc(C(C)(C)C)c1O. The molecule has 2 nitrogen and oxygen atoms in total. The van der Waals surface area contributed by atoms with Crippen LogP contribution in [0.2, 0.25) is 0 Å². The molecule has 1 heterocycles. The zero-order valence-corrected chi connectivity index (χ0v) is 18.7. The first-order valence-corrected chi connectivity index (χ1v) is 10.6. The third-order valence-corrected chi connectivity index (χ3v) is 5.84. The standard InChI is InChI=1S/C26H34FNO/c1-25(2,3)22-15-18(16-23(24(22)29)26(4,5)6)17-28-13-11-20(12-14-28)19-7-9-21(27)10-8-19/h7-11,15-16,29H,12-14,17H2,1-6H3/p+1. The normalized spacial score (nSPS) is 17.9. The van der Waals surface area contributed by atoms with E-state index in [4.69, 9.17) is 0 Å². The van der Waals surface area contributed by atoms with Gasteiger partial charge in [0.2, 0.25) is 0 Å². The molecule has 1 aliphatic rings. The summed E-state index contributed by atoms with van der Waals surface area (Å²) in [6.45, 7) is 15.9. The van der Waals surface area contributed by atoms with Crippen LogP contribution in [-0.4, -0.2) is 18.2 Å². The maximum atomic E-state index is 13.2. The van der Waals surface area contributed by atoms with Crippen LogP contribution in [0.15, 0.2) is 42.5 Å². The second-order valence-electron chi connectivity index (χ2n) is 10.4. The van der Waals surface area contributed by atoms with Gasteiger partial charge >= 0.3 is 0 Å². The van der Waals surface area contributed by atoms with E-state index in [2.05, 4.69) is 59.8 Å². The van der Waals surface area contributed by atoms with Crippen molar-refractivity contribution in [1.29, 1.82) is 0 Å². The van der Waals surface area contributed by atoms with E-state index in [0.717, 1.165) is 42.7 Å². The van der Waals surface area contributed by atoms with Gasteiger partial charge in [0, 0.05) is 23.1 Å². The Bertz CT molecular complexity index is 863. The number of nitrogens with one attached hydrogen (secondary N) is 1. The summed E-state index contributed by atoms with van der Waals surface area (Å²) in [5.74, 6) is 0.259. The number of halogens is 1. The Morgan fingerprint density at radius 2 is 1.48 bits per heavy atom. The molecule has 1 unspecified atom stereocenters. The van der Waals surface area contributed by atoms with Crippen molar-refractivity contribution < 1.29 is 14.4 Å². The molecule has 3 rings (SSSR count). The van der Waals surface area contributed by atoms with E-state index < -0.39 is 0 Å². The Labute approximate surface area is 175 Å². The average molecular weight is 397 g/mol. The lowest BCUT2D eigenvalue weighted by molar-refractivity contribution is -0.908. The Hall–Kier alpha value is -2.13. The van der Waals surface area contributed by atoms with Gasteiger partial charge in [-0.2, -0.15) is 0 Å². The predicted molar refractivity (Wildman–Crippen MR) is 119 cm³/mol. The minimum absolute atomic E-state index is 0.104. The van der Waals surface area contributed by atoms with Gasteiger partial charge in [-0.3, -0.25) is 0 Å². The monoisotopic (exact) mass is 396 g/mol. The minimum Gasteiger partial charge on any atom is -0.507 e. The zero-order chi connectivity index (χ0) is 21.4. The molecule has 2 aromatic carbocycles. The lowest BCUT2D eigenvalue weighted by Gasteiger charge is -2.29. The number of rotatable bonds is 3. The summed E-state index contributed by atoms with van der Waals surface area (Å²) in [6.07, 6.45) is 3.29. The highest BCUT2D eigenvalue weighted by molar-refractivity contribution is 5.66. The molecule has 1 aliphatic heterocycles. The van der Waals surface area contributed by atoms with Crippen molar-refractivity contribution in [1.82, 2.24) is 0 Å². The highest BCUT2D eigenvalue weighted by Crippen LogP contribution is 2.39. The van der Waals surface area contributed by atoms with Gasteiger partial charge in [-0.25, -0.2) is 4.39 Å². The van der Waals surface area contributed by atoms with E-state index >= 15 is 0 Å². The molecular formula is C26H35FNO+. The highest BCUT2D eigenvalue weighted by atomic mass is 19.1. The molecule has 2 aromatic rings. The maximum Gasteiger partial charge on any atom is 0.123 e. The van der Waals surface area contributed by atoms with Crippen molar-refractivity contribution in [2.24, 2.45) is 0 Å². The average Bonchev–Trinajstić information content (AvgIpc) is 2.62. The van der Waals surface area contributed by atoms with Gasteiger partial charge in [0.15, 0.2) is 0 Å². The smallest absolute Gasteiger partial charge is 0.123 e. The molecule has 0 bridgehead atoms. The largest absolute Gasteiger partial charge is 0.507 e. The number of aromatic hydroxyl groups is 1. The van der Waals surface area contributed by atoms with Gasteiger partial charge in [0.25, 0.3) is 0 Å². The summed E-state index contributed by atoms with van der Waals surface area (Å²) in [4.78, 5) is 1.52. The molecule has 29 heavy (non-hydrogen) atoms. The van der Waals surface area contributed by atoms with Crippen LogP contribution < -0.4 is 4.90 Å². The number of benzene rings is 2. The van der Waals surface area contributed by atoms with Crippen molar-refractivity contribution >= 4 is 5.57 Å². The number of phenols is 1. The summed E-state index contributed by atoms with van der Waals surface area (Å²) in [7, 11) is 0. The van der Waals surface area contributed by atoms with Crippen LogP contribution in [0.4, 0.5) is 4.39 Å². The molecule has 1 atom stereocenters. The number of quaternary nitrogens is 1. The molecule has 0 aromatic heterocycles. The third kappa shape index (κ3) is 5.08. The first-order chi connectivity index (χ1) is 13.4. The van der Waals surface area contributed by atoms with E-state index in [-0.39, 0.29) is 16.6 Å². The fourth-order valence-electron chi connectivity index (χ4n) is 4.10. The molecule has 0 saturated carbocycles. The van der Waals surface area contributed by atoms with Gasteiger partial charge in [-0.05, 0) is 52.3 Å². The van der Waals surface area contributed by atoms with Gasteiger partial charge < -0.3 is 10.0 Å². The number of hydrogen-bond donors (Lipinski definition) is 2. The molecule has 2 N–H and O–H groups in total. The van der Waals surface area contributed by atoms with E-state index in [1.807, 2.05) is 12.1 Å².